The van der Waals surface area contributed by atoms with Gasteiger partial charge in [-0.1, -0.05) is 6.07 Å². The Morgan fingerprint density at radius 1 is 1.18 bits per heavy atom. The second-order valence-corrected chi connectivity index (χ2v) is 10.1. The van der Waals surface area contributed by atoms with Crippen LogP contribution in [0.2, 0.25) is 0 Å². The average Bonchev–Trinajstić information content (AvgIpc) is 3.16. The van der Waals surface area contributed by atoms with E-state index in [1.54, 1.807) is 25.1 Å². The molecule has 0 fully saturated rings. The highest BCUT2D eigenvalue weighted by atomic mass is 32.2. The smallest absolute Gasteiger partial charge is 0.278 e. The number of nitrogens with one attached hydrogen (secondary N) is 3. The molecule has 12 heteroatoms. The third-order valence-electron chi connectivity index (χ3n) is 4.57. The van der Waals surface area contributed by atoms with Gasteiger partial charge in [-0.2, -0.15) is 0 Å². The second-order valence-electron chi connectivity index (χ2n) is 7.27. The van der Waals surface area contributed by atoms with E-state index in [9.17, 15) is 13.2 Å². The number of hydroxylamine groups is 1. The summed E-state index contributed by atoms with van der Waals surface area (Å²) < 4.78 is 25.6. The molecular weight excluding hydrogens is 464 g/mol. The van der Waals surface area contributed by atoms with Crippen molar-refractivity contribution in [2.75, 3.05) is 34.8 Å². The molecule has 0 saturated heterocycles. The zero-order valence-electron chi connectivity index (χ0n) is 19.0. The Hall–Kier alpha value is -3.22. The highest BCUT2D eigenvalue weighted by molar-refractivity contribution is 7.92. The maximum atomic E-state index is 12.7. The lowest BCUT2D eigenvalue weighted by Crippen LogP contribution is -2.26. The van der Waals surface area contributed by atoms with Crippen molar-refractivity contribution in [1.29, 1.82) is 0 Å². The first-order chi connectivity index (χ1) is 15.6. The Labute approximate surface area is 197 Å². The summed E-state index contributed by atoms with van der Waals surface area (Å²) in [6.45, 7) is 5.81. The largest absolute Gasteiger partial charge is 0.353 e. The van der Waals surface area contributed by atoms with Crippen molar-refractivity contribution in [3.05, 3.63) is 52.7 Å². The molecule has 0 saturated carbocycles. The number of sulfonamides is 1. The first-order valence-electron chi connectivity index (χ1n) is 10.0. The van der Waals surface area contributed by atoms with E-state index in [0.29, 0.717) is 34.6 Å². The molecule has 2 heterocycles. The third kappa shape index (κ3) is 6.18. The summed E-state index contributed by atoms with van der Waals surface area (Å²) in [5, 5.41) is 8.87. The van der Waals surface area contributed by atoms with Crippen LogP contribution in [0.4, 0.5) is 28.0 Å². The lowest BCUT2D eigenvalue weighted by molar-refractivity contribution is 0.0365. The Balaban J connectivity index is 2.04. The molecular formula is C21H26N6O4S2. The molecule has 33 heavy (non-hydrogen) atoms. The molecule has 0 spiro atoms. The summed E-state index contributed by atoms with van der Waals surface area (Å²) in [5.41, 5.74) is 5.69. The number of hydrogen-bond acceptors (Lipinski definition) is 9. The molecule has 0 bridgehead atoms. The fourth-order valence-electron chi connectivity index (χ4n) is 2.85. The highest BCUT2D eigenvalue weighted by Gasteiger charge is 2.19. The minimum atomic E-state index is -3.51. The Morgan fingerprint density at radius 3 is 2.58 bits per heavy atom. The number of rotatable bonds is 9. The van der Waals surface area contributed by atoms with Crippen LogP contribution in [0, 0.1) is 13.8 Å². The van der Waals surface area contributed by atoms with Gasteiger partial charge in [-0.15, -0.1) is 11.3 Å². The van der Waals surface area contributed by atoms with Crippen LogP contribution in [0.5, 0.6) is 0 Å². The summed E-state index contributed by atoms with van der Waals surface area (Å²) >= 11 is 1.43. The standard InChI is InChI=1S/C21H26N6O4S2/c1-6-31-26-20(28)15-11-22-19(25-21-23-14(3)12-32-21)10-17(15)24-16-8-7-13(2)9-18(16)27(4)33(5,29)30/h7-12H,6H2,1-5H3,(H,26,28)(H2,22,23,24,25). The predicted molar refractivity (Wildman–Crippen MR) is 131 cm³/mol. The summed E-state index contributed by atoms with van der Waals surface area (Å²) in [4.78, 5) is 26.4. The van der Waals surface area contributed by atoms with Gasteiger partial charge in [0.2, 0.25) is 10.0 Å². The molecule has 0 aliphatic heterocycles. The van der Waals surface area contributed by atoms with Gasteiger partial charge in [-0.3, -0.25) is 13.9 Å². The van der Waals surface area contributed by atoms with Crippen molar-refractivity contribution in [3.63, 3.8) is 0 Å². The maximum Gasteiger partial charge on any atom is 0.278 e. The number of benzene rings is 1. The van der Waals surface area contributed by atoms with Crippen LogP contribution in [0.15, 0.2) is 35.8 Å². The molecule has 0 aliphatic carbocycles. The molecule has 0 aliphatic rings. The minimum absolute atomic E-state index is 0.220. The van der Waals surface area contributed by atoms with Crippen molar-refractivity contribution in [3.8, 4) is 0 Å². The minimum Gasteiger partial charge on any atom is -0.353 e. The first kappa shape index (κ1) is 24.4. The van der Waals surface area contributed by atoms with E-state index in [-0.39, 0.29) is 5.56 Å². The number of aromatic nitrogens is 2. The first-order valence-corrected chi connectivity index (χ1v) is 12.7. The van der Waals surface area contributed by atoms with E-state index < -0.39 is 15.9 Å². The van der Waals surface area contributed by atoms with E-state index in [2.05, 4.69) is 26.1 Å². The number of carbonyl (C=O) groups is 1. The van der Waals surface area contributed by atoms with Crippen LogP contribution < -0.4 is 20.4 Å². The molecule has 1 amide bonds. The summed E-state index contributed by atoms with van der Waals surface area (Å²) in [7, 11) is -2.04. The van der Waals surface area contributed by atoms with Crippen molar-refractivity contribution >= 4 is 55.3 Å². The molecule has 3 N–H and O–H groups in total. The summed E-state index contributed by atoms with van der Waals surface area (Å²) in [6, 6.07) is 7.01. The zero-order chi connectivity index (χ0) is 24.2. The van der Waals surface area contributed by atoms with Crippen LogP contribution in [0.25, 0.3) is 0 Å². The van der Waals surface area contributed by atoms with Crippen molar-refractivity contribution in [1.82, 2.24) is 15.4 Å². The zero-order valence-corrected chi connectivity index (χ0v) is 20.6. The number of aryl methyl sites for hydroxylation is 2. The number of hydrogen-bond donors (Lipinski definition) is 3. The lowest BCUT2D eigenvalue weighted by atomic mass is 10.1. The summed E-state index contributed by atoms with van der Waals surface area (Å²) in [6.07, 6.45) is 2.54. The average molecular weight is 491 g/mol. The molecule has 0 radical (unpaired) electrons. The highest BCUT2D eigenvalue weighted by Crippen LogP contribution is 2.33. The van der Waals surface area contributed by atoms with E-state index >= 15 is 0 Å². The van der Waals surface area contributed by atoms with Crippen LogP contribution in [0.3, 0.4) is 0 Å². The molecule has 176 valence electrons. The summed E-state index contributed by atoms with van der Waals surface area (Å²) in [5.74, 6) is -0.0291. The Bertz CT molecular complexity index is 1260. The second kappa shape index (κ2) is 10.1. The molecule has 3 aromatic rings. The molecule has 1 aromatic carbocycles. The number of carbonyl (C=O) groups excluding carboxylic acids is 1. The quantitative estimate of drug-likeness (QED) is 0.388. The van der Waals surface area contributed by atoms with Gasteiger partial charge in [0.25, 0.3) is 5.91 Å². The Kier molecular flexibility index (Phi) is 7.51. The SMILES string of the molecule is CCONC(=O)c1cnc(Nc2nc(C)cs2)cc1Nc1ccc(C)cc1N(C)S(C)(=O)=O. The lowest BCUT2D eigenvalue weighted by Gasteiger charge is -2.22. The van der Waals surface area contributed by atoms with E-state index in [4.69, 9.17) is 4.84 Å². The van der Waals surface area contributed by atoms with Gasteiger partial charge >= 0.3 is 0 Å². The van der Waals surface area contributed by atoms with Gasteiger partial charge in [-0.25, -0.2) is 23.9 Å². The van der Waals surface area contributed by atoms with Crippen LogP contribution in [0.1, 0.15) is 28.5 Å². The number of nitrogens with zero attached hydrogens (tertiary/aromatic N) is 3. The van der Waals surface area contributed by atoms with Gasteiger partial charge in [0.15, 0.2) is 5.13 Å². The normalized spacial score (nSPS) is 11.2. The van der Waals surface area contributed by atoms with Gasteiger partial charge in [0.1, 0.15) is 5.82 Å². The van der Waals surface area contributed by atoms with Crippen molar-refractivity contribution in [2.45, 2.75) is 20.8 Å². The van der Waals surface area contributed by atoms with Crippen LogP contribution in [-0.4, -0.2) is 44.2 Å². The van der Waals surface area contributed by atoms with Crippen LogP contribution >= 0.6 is 11.3 Å². The fraction of sp³-hybridized carbons (Fsp3) is 0.286. The van der Waals surface area contributed by atoms with Gasteiger partial charge in [0.05, 0.1) is 41.2 Å². The number of pyridine rings is 1. The van der Waals surface area contributed by atoms with Crippen molar-refractivity contribution in [2.24, 2.45) is 0 Å². The fourth-order valence-corrected chi connectivity index (χ4v) is 4.06. The van der Waals surface area contributed by atoms with Crippen LogP contribution in [-0.2, 0) is 14.9 Å². The van der Waals surface area contributed by atoms with Crippen molar-refractivity contribution < 1.29 is 18.0 Å². The van der Waals surface area contributed by atoms with E-state index in [1.807, 2.05) is 25.3 Å². The molecule has 2 aromatic heterocycles. The van der Waals surface area contributed by atoms with E-state index in [1.165, 1.54) is 28.9 Å². The monoisotopic (exact) mass is 490 g/mol. The third-order valence-corrected chi connectivity index (χ3v) is 6.64. The molecule has 10 nitrogen and oxygen atoms in total. The molecule has 0 atom stereocenters. The number of anilines is 5. The van der Waals surface area contributed by atoms with Gasteiger partial charge in [0, 0.05) is 24.7 Å². The van der Waals surface area contributed by atoms with E-state index in [0.717, 1.165) is 17.5 Å². The maximum absolute atomic E-state index is 12.7. The Morgan fingerprint density at radius 2 is 1.94 bits per heavy atom. The molecule has 0 unspecified atom stereocenters. The number of amides is 1. The topological polar surface area (TPSA) is 126 Å². The number of thiazole rings is 1. The molecule has 3 rings (SSSR count). The van der Waals surface area contributed by atoms with Gasteiger partial charge in [-0.05, 0) is 38.5 Å². The predicted octanol–water partition coefficient (Wildman–Crippen LogP) is 3.72. The van der Waals surface area contributed by atoms with Gasteiger partial charge < -0.3 is 10.6 Å².